The van der Waals surface area contributed by atoms with Crippen molar-refractivity contribution < 1.29 is 9.53 Å². The zero-order valence-corrected chi connectivity index (χ0v) is 13.2. The van der Waals surface area contributed by atoms with Crippen LogP contribution < -0.4 is 15.8 Å². The molecule has 0 spiro atoms. The third-order valence-corrected chi connectivity index (χ3v) is 3.33. The molecule has 0 aromatic heterocycles. The van der Waals surface area contributed by atoms with Crippen LogP contribution in [0, 0.1) is 5.92 Å². The van der Waals surface area contributed by atoms with Gasteiger partial charge >= 0.3 is 0 Å². The normalized spacial score (nSPS) is 11.9. The molecule has 114 valence electrons. The zero-order valence-electron chi connectivity index (χ0n) is 12.4. The van der Waals surface area contributed by atoms with E-state index in [2.05, 4.69) is 5.32 Å². The first-order valence-electron chi connectivity index (χ1n) is 6.66. The van der Waals surface area contributed by atoms with Gasteiger partial charge in [0.15, 0.2) is 0 Å². The molecular formula is C16H21ClN2O2. The summed E-state index contributed by atoms with van der Waals surface area (Å²) in [6.07, 6.45) is 0. The summed E-state index contributed by atoms with van der Waals surface area (Å²) in [7, 11) is 1.62. The quantitative estimate of drug-likeness (QED) is 0.911. The number of carbonyl (C=O) groups is 1. The molecule has 0 aliphatic heterocycles. The maximum absolute atomic E-state index is 12.0. The standard InChI is InChI=1S/C16H20N2O2.ClH/c1-10(2)15(17)16(19)18-12-8-11-6-4-5-7-13(11)14(9-12)20-3;/h4-10,15H,17H2,1-3H3,(H,18,19);1H/t15-;/m0./s1. The summed E-state index contributed by atoms with van der Waals surface area (Å²) in [6, 6.07) is 11.1. The zero-order chi connectivity index (χ0) is 14.7. The van der Waals surface area contributed by atoms with Crippen LogP contribution in [-0.4, -0.2) is 19.1 Å². The number of hydrogen-bond acceptors (Lipinski definition) is 3. The summed E-state index contributed by atoms with van der Waals surface area (Å²) >= 11 is 0. The monoisotopic (exact) mass is 308 g/mol. The molecule has 3 N–H and O–H groups in total. The van der Waals surface area contributed by atoms with E-state index in [9.17, 15) is 4.79 Å². The summed E-state index contributed by atoms with van der Waals surface area (Å²) < 4.78 is 5.38. The van der Waals surface area contributed by atoms with Crippen LogP contribution in [0.3, 0.4) is 0 Å². The number of nitrogens with two attached hydrogens (primary N) is 1. The smallest absolute Gasteiger partial charge is 0.241 e. The van der Waals surface area contributed by atoms with Gasteiger partial charge in [0.05, 0.1) is 13.2 Å². The van der Waals surface area contributed by atoms with Gasteiger partial charge in [0.25, 0.3) is 0 Å². The van der Waals surface area contributed by atoms with Crippen molar-refractivity contribution in [3.63, 3.8) is 0 Å². The number of benzene rings is 2. The first kappa shape index (κ1) is 17.3. The van der Waals surface area contributed by atoms with Gasteiger partial charge in [-0.15, -0.1) is 12.4 Å². The highest BCUT2D eigenvalue weighted by atomic mass is 35.5. The van der Waals surface area contributed by atoms with Gasteiger partial charge in [-0.3, -0.25) is 4.79 Å². The van der Waals surface area contributed by atoms with Crippen molar-refractivity contribution >= 4 is 34.8 Å². The number of methoxy groups -OCH3 is 1. The minimum atomic E-state index is -0.521. The van der Waals surface area contributed by atoms with Crippen molar-refractivity contribution in [2.45, 2.75) is 19.9 Å². The third kappa shape index (κ3) is 3.86. The maximum atomic E-state index is 12.0. The van der Waals surface area contributed by atoms with Gasteiger partial charge < -0.3 is 15.8 Å². The first-order valence-corrected chi connectivity index (χ1v) is 6.66. The van der Waals surface area contributed by atoms with E-state index >= 15 is 0 Å². The molecule has 1 atom stereocenters. The van der Waals surface area contributed by atoms with Crippen molar-refractivity contribution in [1.82, 2.24) is 0 Å². The Morgan fingerprint density at radius 1 is 1.24 bits per heavy atom. The highest BCUT2D eigenvalue weighted by molar-refractivity contribution is 5.99. The van der Waals surface area contributed by atoms with Crippen LogP contribution in [0.2, 0.25) is 0 Å². The van der Waals surface area contributed by atoms with Crippen LogP contribution in [0.25, 0.3) is 10.8 Å². The lowest BCUT2D eigenvalue weighted by atomic mass is 10.0. The van der Waals surface area contributed by atoms with E-state index in [0.717, 1.165) is 16.5 Å². The average Bonchev–Trinajstić information content (AvgIpc) is 2.45. The molecule has 2 rings (SSSR count). The number of hydrogen-bond donors (Lipinski definition) is 2. The minimum absolute atomic E-state index is 0. The Bertz CT molecular complexity index is 629. The highest BCUT2D eigenvalue weighted by Crippen LogP contribution is 2.29. The molecule has 4 nitrogen and oxygen atoms in total. The molecule has 0 heterocycles. The fourth-order valence-corrected chi connectivity index (χ4v) is 2.04. The van der Waals surface area contributed by atoms with Crippen LogP contribution in [-0.2, 0) is 4.79 Å². The molecule has 2 aromatic rings. The lowest BCUT2D eigenvalue weighted by Crippen LogP contribution is -2.39. The molecular weight excluding hydrogens is 288 g/mol. The van der Waals surface area contributed by atoms with Gasteiger partial charge in [-0.1, -0.05) is 38.1 Å². The number of nitrogens with one attached hydrogen (secondary N) is 1. The number of halogens is 1. The third-order valence-electron chi connectivity index (χ3n) is 3.33. The lowest BCUT2D eigenvalue weighted by molar-refractivity contribution is -0.118. The summed E-state index contributed by atoms with van der Waals surface area (Å²) in [6.45, 7) is 3.84. The SMILES string of the molecule is COc1cc(NC(=O)[C@@H](N)C(C)C)cc2ccccc12.Cl. The molecule has 0 aliphatic rings. The molecule has 0 saturated carbocycles. The van der Waals surface area contributed by atoms with Crippen LogP contribution in [0.15, 0.2) is 36.4 Å². The van der Waals surface area contributed by atoms with Crippen LogP contribution >= 0.6 is 12.4 Å². The van der Waals surface area contributed by atoms with E-state index < -0.39 is 6.04 Å². The van der Waals surface area contributed by atoms with E-state index in [1.807, 2.05) is 50.2 Å². The van der Waals surface area contributed by atoms with E-state index in [-0.39, 0.29) is 24.2 Å². The van der Waals surface area contributed by atoms with Crippen molar-refractivity contribution in [2.75, 3.05) is 12.4 Å². The van der Waals surface area contributed by atoms with Crippen molar-refractivity contribution in [3.8, 4) is 5.75 Å². The first-order chi connectivity index (χ1) is 9.52. The van der Waals surface area contributed by atoms with Gasteiger partial charge in [0.1, 0.15) is 5.75 Å². The van der Waals surface area contributed by atoms with Crippen molar-refractivity contribution in [1.29, 1.82) is 0 Å². The second-order valence-electron chi connectivity index (χ2n) is 5.16. The molecule has 0 radical (unpaired) electrons. The maximum Gasteiger partial charge on any atom is 0.241 e. The van der Waals surface area contributed by atoms with Gasteiger partial charge in [-0.05, 0) is 17.4 Å². The van der Waals surface area contributed by atoms with Gasteiger partial charge in [0, 0.05) is 17.1 Å². The summed E-state index contributed by atoms with van der Waals surface area (Å²) in [5, 5.41) is 4.88. The minimum Gasteiger partial charge on any atom is -0.496 e. The fraction of sp³-hybridized carbons (Fsp3) is 0.312. The molecule has 5 heteroatoms. The number of ether oxygens (including phenoxy) is 1. The molecule has 2 aromatic carbocycles. The Morgan fingerprint density at radius 3 is 2.52 bits per heavy atom. The van der Waals surface area contributed by atoms with E-state index in [1.54, 1.807) is 7.11 Å². The van der Waals surface area contributed by atoms with Crippen LogP contribution in [0.4, 0.5) is 5.69 Å². The molecule has 0 unspecified atom stereocenters. The van der Waals surface area contributed by atoms with Crippen LogP contribution in [0.1, 0.15) is 13.8 Å². The predicted molar refractivity (Wildman–Crippen MR) is 89.2 cm³/mol. The van der Waals surface area contributed by atoms with Crippen LogP contribution in [0.5, 0.6) is 5.75 Å². The summed E-state index contributed by atoms with van der Waals surface area (Å²) in [5.41, 5.74) is 6.54. The lowest BCUT2D eigenvalue weighted by Gasteiger charge is -2.16. The topological polar surface area (TPSA) is 64.3 Å². The van der Waals surface area contributed by atoms with Gasteiger partial charge in [-0.25, -0.2) is 0 Å². The molecule has 21 heavy (non-hydrogen) atoms. The number of anilines is 1. The second kappa shape index (κ2) is 7.29. The molecule has 1 amide bonds. The van der Waals surface area contributed by atoms with E-state index in [1.165, 1.54) is 0 Å². The number of fused-ring (bicyclic) bond motifs is 1. The highest BCUT2D eigenvalue weighted by Gasteiger charge is 2.17. The average molecular weight is 309 g/mol. The molecule has 0 fully saturated rings. The Hall–Kier alpha value is -1.78. The Morgan fingerprint density at radius 2 is 1.90 bits per heavy atom. The Labute approximate surface area is 131 Å². The number of amides is 1. The number of rotatable bonds is 4. The van der Waals surface area contributed by atoms with Crippen molar-refractivity contribution in [3.05, 3.63) is 36.4 Å². The molecule has 0 saturated heterocycles. The summed E-state index contributed by atoms with van der Waals surface area (Å²) in [5.74, 6) is 0.645. The molecule has 0 aliphatic carbocycles. The largest absolute Gasteiger partial charge is 0.496 e. The van der Waals surface area contributed by atoms with Gasteiger partial charge in [0.2, 0.25) is 5.91 Å². The summed E-state index contributed by atoms with van der Waals surface area (Å²) in [4.78, 5) is 12.0. The van der Waals surface area contributed by atoms with E-state index in [4.69, 9.17) is 10.5 Å². The molecule has 0 bridgehead atoms. The second-order valence-corrected chi connectivity index (χ2v) is 5.16. The van der Waals surface area contributed by atoms with E-state index in [0.29, 0.717) is 5.69 Å². The number of carbonyl (C=O) groups excluding carboxylic acids is 1. The predicted octanol–water partition coefficient (Wildman–Crippen LogP) is 3.19. The van der Waals surface area contributed by atoms with Crippen molar-refractivity contribution in [2.24, 2.45) is 11.7 Å². The Kier molecular flexibility index (Phi) is 6.00. The Balaban J connectivity index is 0.00000220. The van der Waals surface area contributed by atoms with Gasteiger partial charge in [-0.2, -0.15) is 0 Å². The fourth-order valence-electron chi connectivity index (χ4n) is 2.04.